The molecule has 5 nitrogen and oxygen atoms in total. The molecule has 0 atom stereocenters. The minimum atomic E-state index is -0.459. The van der Waals surface area contributed by atoms with Gasteiger partial charge in [-0.05, 0) is 58.2 Å². The lowest BCUT2D eigenvalue weighted by Gasteiger charge is -2.19. The summed E-state index contributed by atoms with van der Waals surface area (Å²) in [7, 11) is 0. The molecule has 1 heterocycles. The molecule has 0 fully saturated rings. The van der Waals surface area contributed by atoms with Crippen molar-refractivity contribution in [3.8, 4) is 0 Å². The van der Waals surface area contributed by atoms with Gasteiger partial charge in [0.2, 0.25) is 0 Å². The lowest BCUT2D eigenvalue weighted by Crippen LogP contribution is -2.33. The Kier molecular flexibility index (Phi) is 4.96. The Balaban J connectivity index is 1.82. The molecule has 0 unspecified atom stereocenters. The van der Waals surface area contributed by atoms with Gasteiger partial charge in [0.25, 0.3) is 0 Å². The van der Waals surface area contributed by atoms with Gasteiger partial charge in [0.15, 0.2) is 0 Å². The molecule has 1 N–H and O–H groups in total. The summed E-state index contributed by atoms with van der Waals surface area (Å²) in [5, 5.41) is 2.76. The van der Waals surface area contributed by atoms with Gasteiger partial charge in [0.1, 0.15) is 5.60 Å². The van der Waals surface area contributed by atoms with Crippen LogP contribution in [0.4, 0.5) is 4.79 Å². The highest BCUT2D eigenvalue weighted by Gasteiger charge is 2.15. The predicted molar refractivity (Wildman–Crippen MR) is 86.8 cm³/mol. The van der Waals surface area contributed by atoms with Gasteiger partial charge in [-0.2, -0.15) is 0 Å². The smallest absolute Gasteiger partial charge is 0.407 e. The fourth-order valence-corrected chi connectivity index (χ4v) is 2.10. The first-order valence-electron chi connectivity index (χ1n) is 7.53. The number of amides is 1. The first-order valence-corrected chi connectivity index (χ1v) is 7.53. The lowest BCUT2D eigenvalue weighted by molar-refractivity contribution is 0.0527. The van der Waals surface area contributed by atoms with Crippen LogP contribution in [0, 0.1) is 6.92 Å². The van der Waals surface area contributed by atoms with Crippen LogP contribution in [0.25, 0.3) is 11.0 Å². The largest absolute Gasteiger partial charge is 0.444 e. The zero-order valence-corrected chi connectivity index (χ0v) is 13.6. The molecule has 118 valence electrons. The molecular formula is C17H23N3O2. The summed E-state index contributed by atoms with van der Waals surface area (Å²) in [6.07, 6.45) is 3.13. The van der Waals surface area contributed by atoms with Gasteiger partial charge in [-0.25, -0.2) is 9.78 Å². The molecule has 1 aromatic heterocycles. The third kappa shape index (κ3) is 4.98. The first kappa shape index (κ1) is 16.2. The van der Waals surface area contributed by atoms with Crippen LogP contribution in [0.3, 0.4) is 0 Å². The number of rotatable bonds is 4. The number of carbonyl (C=O) groups is 1. The lowest BCUT2D eigenvalue weighted by atomic mass is 10.1. The Morgan fingerprint density at radius 2 is 2.05 bits per heavy atom. The molecular weight excluding hydrogens is 278 g/mol. The van der Waals surface area contributed by atoms with E-state index in [9.17, 15) is 4.79 Å². The molecule has 2 aromatic rings. The van der Waals surface area contributed by atoms with Gasteiger partial charge >= 0.3 is 6.09 Å². The van der Waals surface area contributed by atoms with Crippen LogP contribution in [0.15, 0.2) is 24.4 Å². The van der Waals surface area contributed by atoms with Crippen molar-refractivity contribution < 1.29 is 9.53 Å². The van der Waals surface area contributed by atoms with E-state index in [-0.39, 0.29) is 6.09 Å². The minimum absolute atomic E-state index is 0.368. The molecule has 0 bridgehead atoms. The minimum Gasteiger partial charge on any atom is -0.444 e. The number of nitrogens with one attached hydrogen (secondary N) is 1. The van der Waals surface area contributed by atoms with Crippen molar-refractivity contribution in [1.82, 2.24) is 15.3 Å². The Bertz CT molecular complexity index is 662. The number of benzene rings is 1. The second-order valence-corrected chi connectivity index (χ2v) is 6.37. The van der Waals surface area contributed by atoms with E-state index < -0.39 is 5.60 Å². The Morgan fingerprint density at radius 1 is 1.27 bits per heavy atom. The number of hydrogen-bond donors (Lipinski definition) is 1. The average molecular weight is 301 g/mol. The molecule has 0 saturated heterocycles. The zero-order valence-electron chi connectivity index (χ0n) is 13.6. The highest BCUT2D eigenvalue weighted by atomic mass is 16.6. The number of hydrogen-bond acceptors (Lipinski definition) is 4. The number of carbonyl (C=O) groups excluding carboxylic acids is 1. The monoisotopic (exact) mass is 301 g/mol. The van der Waals surface area contributed by atoms with Crippen molar-refractivity contribution in [2.24, 2.45) is 0 Å². The molecule has 22 heavy (non-hydrogen) atoms. The maximum absolute atomic E-state index is 11.5. The van der Waals surface area contributed by atoms with Crippen molar-refractivity contribution in [3.63, 3.8) is 0 Å². The summed E-state index contributed by atoms with van der Waals surface area (Å²) < 4.78 is 5.19. The Labute approximate surface area is 131 Å². The summed E-state index contributed by atoms with van der Waals surface area (Å²) in [4.78, 5) is 20.3. The van der Waals surface area contributed by atoms with E-state index in [0.717, 1.165) is 29.6 Å². The topological polar surface area (TPSA) is 64.1 Å². The number of ether oxygens (including phenoxy) is 1. The number of fused-ring (bicyclic) bond motifs is 1. The SMILES string of the molecule is Cc1cnc2cc(CCCNC(=O)OC(C)(C)C)ccc2n1. The standard InChI is InChI=1S/C17H23N3O2/c1-12-11-19-15-10-13(7-8-14(15)20-12)6-5-9-18-16(21)22-17(2,3)4/h7-8,10-11H,5-6,9H2,1-4H3,(H,18,21). The first-order chi connectivity index (χ1) is 10.3. The molecule has 0 spiro atoms. The van der Waals surface area contributed by atoms with Gasteiger partial charge in [0, 0.05) is 12.7 Å². The van der Waals surface area contributed by atoms with Gasteiger partial charge in [-0.1, -0.05) is 6.07 Å². The average Bonchev–Trinajstić information content (AvgIpc) is 2.41. The summed E-state index contributed by atoms with van der Waals surface area (Å²) >= 11 is 0. The van der Waals surface area contributed by atoms with Crippen molar-refractivity contribution >= 4 is 17.1 Å². The van der Waals surface area contributed by atoms with Crippen LogP contribution in [-0.2, 0) is 11.2 Å². The maximum Gasteiger partial charge on any atom is 0.407 e. The van der Waals surface area contributed by atoms with E-state index in [2.05, 4.69) is 27.4 Å². The van der Waals surface area contributed by atoms with Crippen LogP contribution < -0.4 is 5.32 Å². The fourth-order valence-electron chi connectivity index (χ4n) is 2.10. The third-order valence-electron chi connectivity index (χ3n) is 3.04. The maximum atomic E-state index is 11.5. The van der Waals surface area contributed by atoms with Crippen molar-refractivity contribution in [2.45, 2.75) is 46.1 Å². The van der Waals surface area contributed by atoms with Gasteiger partial charge in [-0.3, -0.25) is 4.98 Å². The van der Waals surface area contributed by atoms with Crippen molar-refractivity contribution in [1.29, 1.82) is 0 Å². The summed E-state index contributed by atoms with van der Waals surface area (Å²) in [6, 6.07) is 6.10. The molecule has 0 aliphatic rings. The zero-order chi connectivity index (χ0) is 16.2. The van der Waals surface area contributed by atoms with Crippen LogP contribution in [0.1, 0.15) is 38.4 Å². The summed E-state index contributed by atoms with van der Waals surface area (Å²) in [6.45, 7) is 8.08. The number of alkyl carbamates (subject to hydrolysis) is 1. The molecule has 0 saturated carbocycles. The van der Waals surface area contributed by atoms with E-state index in [1.807, 2.05) is 33.8 Å². The number of aromatic nitrogens is 2. The summed E-state index contributed by atoms with van der Waals surface area (Å²) in [5.41, 5.74) is 3.47. The highest BCUT2D eigenvalue weighted by Crippen LogP contribution is 2.13. The molecule has 0 aliphatic heterocycles. The van der Waals surface area contributed by atoms with E-state index >= 15 is 0 Å². The van der Waals surface area contributed by atoms with E-state index in [1.165, 1.54) is 5.56 Å². The fraction of sp³-hybridized carbons (Fsp3) is 0.471. The third-order valence-corrected chi connectivity index (χ3v) is 3.04. The summed E-state index contributed by atoms with van der Waals surface area (Å²) in [5.74, 6) is 0. The Hall–Kier alpha value is -2.17. The quantitative estimate of drug-likeness (QED) is 0.879. The predicted octanol–water partition coefficient (Wildman–Crippen LogP) is 3.40. The van der Waals surface area contributed by atoms with E-state index in [4.69, 9.17) is 4.74 Å². The number of nitrogens with zero attached hydrogens (tertiary/aromatic N) is 2. The molecule has 0 radical (unpaired) electrons. The number of aryl methyl sites for hydroxylation is 2. The van der Waals surface area contributed by atoms with E-state index in [0.29, 0.717) is 6.54 Å². The molecule has 5 heteroatoms. The van der Waals surface area contributed by atoms with Crippen LogP contribution in [-0.4, -0.2) is 28.2 Å². The molecule has 0 aliphatic carbocycles. The molecule has 1 aromatic carbocycles. The van der Waals surface area contributed by atoms with Crippen LogP contribution in [0.2, 0.25) is 0 Å². The highest BCUT2D eigenvalue weighted by molar-refractivity contribution is 5.74. The van der Waals surface area contributed by atoms with Gasteiger partial charge < -0.3 is 10.1 Å². The van der Waals surface area contributed by atoms with Gasteiger partial charge in [0.05, 0.1) is 16.7 Å². The normalized spacial score (nSPS) is 11.5. The Morgan fingerprint density at radius 3 is 2.77 bits per heavy atom. The van der Waals surface area contributed by atoms with Crippen LogP contribution in [0.5, 0.6) is 0 Å². The second kappa shape index (κ2) is 6.73. The second-order valence-electron chi connectivity index (χ2n) is 6.37. The molecule has 2 rings (SSSR count). The van der Waals surface area contributed by atoms with Crippen LogP contribution >= 0.6 is 0 Å². The molecule has 1 amide bonds. The van der Waals surface area contributed by atoms with E-state index in [1.54, 1.807) is 6.20 Å². The van der Waals surface area contributed by atoms with Crippen molar-refractivity contribution in [2.75, 3.05) is 6.54 Å². The van der Waals surface area contributed by atoms with Gasteiger partial charge in [-0.15, -0.1) is 0 Å². The van der Waals surface area contributed by atoms with Crippen molar-refractivity contribution in [3.05, 3.63) is 35.7 Å².